The van der Waals surface area contributed by atoms with Gasteiger partial charge in [-0.15, -0.1) is 10.2 Å². The van der Waals surface area contributed by atoms with Crippen LogP contribution in [-0.2, 0) is 4.79 Å². The Morgan fingerprint density at radius 2 is 1.70 bits per heavy atom. The van der Waals surface area contributed by atoms with Crippen molar-refractivity contribution in [2.24, 2.45) is 0 Å². The van der Waals surface area contributed by atoms with Crippen LogP contribution in [0.1, 0.15) is 6.92 Å². The predicted molar refractivity (Wildman–Crippen MR) is 125 cm³/mol. The molecule has 4 rings (SSSR count). The SMILES string of the molecule is CCOc1ccccc1-c1nnc(SCC(=O)N2CCN(C(=O)Nc3ccccc3)CC2)o1. The number of hydrogen-bond acceptors (Lipinski definition) is 7. The van der Waals surface area contributed by atoms with E-state index in [1.165, 1.54) is 11.8 Å². The lowest BCUT2D eigenvalue weighted by atomic mass is 10.2. The van der Waals surface area contributed by atoms with Crippen LogP contribution in [0.5, 0.6) is 5.75 Å². The van der Waals surface area contributed by atoms with Gasteiger partial charge in [0.2, 0.25) is 5.91 Å². The van der Waals surface area contributed by atoms with Gasteiger partial charge in [-0.05, 0) is 31.2 Å². The van der Waals surface area contributed by atoms with E-state index in [9.17, 15) is 9.59 Å². The molecule has 0 atom stereocenters. The third-order valence-corrected chi connectivity index (χ3v) is 5.89. The number of thioether (sulfide) groups is 1. The molecule has 0 bridgehead atoms. The van der Waals surface area contributed by atoms with Crippen LogP contribution in [0.3, 0.4) is 0 Å². The highest BCUT2D eigenvalue weighted by molar-refractivity contribution is 7.99. The standard InChI is InChI=1S/C23H25N5O4S/c1-2-31-19-11-7-6-10-18(19)21-25-26-23(32-21)33-16-20(29)27-12-14-28(15-13-27)22(30)24-17-8-4-3-5-9-17/h3-11H,2,12-16H2,1H3,(H,24,30). The summed E-state index contributed by atoms with van der Waals surface area (Å²) in [4.78, 5) is 28.5. The van der Waals surface area contributed by atoms with Gasteiger partial charge in [-0.3, -0.25) is 4.79 Å². The predicted octanol–water partition coefficient (Wildman–Crippen LogP) is 3.60. The van der Waals surface area contributed by atoms with E-state index >= 15 is 0 Å². The molecule has 10 heteroatoms. The molecule has 33 heavy (non-hydrogen) atoms. The van der Waals surface area contributed by atoms with E-state index in [-0.39, 0.29) is 17.7 Å². The van der Waals surface area contributed by atoms with E-state index in [1.54, 1.807) is 9.80 Å². The zero-order valence-electron chi connectivity index (χ0n) is 18.3. The largest absolute Gasteiger partial charge is 0.493 e. The fourth-order valence-electron chi connectivity index (χ4n) is 3.40. The number of amides is 3. The van der Waals surface area contributed by atoms with Crippen molar-refractivity contribution in [3.8, 4) is 17.2 Å². The number of aromatic nitrogens is 2. The number of piperazine rings is 1. The first-order chi connectivity index (χ1) is 16.1. The van der Waals surface area contributed by atoms with E-state index in [4.69, 9.17) is 9.15 Å². The highest BCUT2D eigenvalue weighted by Crippen LogP contribution is 2.30. The van der Waals surface area contributed by atoms with Gasteiger partial charge < -0.3 is 24.3 Å². The molecule has 1 N–H and O–H groups in total. The number of anilines is 1. The molecule has 0 saturated carbocycles. The van der Waals surface area contributed by atoms with Crippen LogP contribution in [0, 0.1) is 0 Å². The lowest BCUT2D eigenvalue weighted by Crippen LogP contribution is -2.52. The Hall–Kier alpha value is -3.53. The number of carbonyl (C=O) groups is 2. The smallest absolute Gasteiger partial charge is 0.321 e. The monoisotopic (exact) mass is 467 g/mol. The minimum absolute atomic E-state index is 0.0300. The van der Waals surface area contributed by atoms with Gasteiger partial charge in [0.25, 0.3) is 11.1 Å². The van der Waals surface area contributed by atoms with Crippen LogP contribution < -0.4 is 10.1 Å². The molecule has 0 aliphatic carbocycles. The lowest BCUT2D eigenvalue weighted by molar-refractivity contribution is -0.129. The molecule has 172 valence electrons. The number of benzene rings is 2. The maximum absolute atomic E-state index is 12.6. The van der Waals surface area contributed by atoms with Gasteiger partial charge in [0, 0.05) is 31.9 Å². The van der Waals surface area contributed by atoms with Crippen molar-refractivity contribution in [2.75, 3.05) is 43.9 Å². The molecule has 2 aromatic carbocycles. The van der Waals surface area contributed by atoms with Gasteiger partial charge in [0.15, 0.2) is 0 Å². The molecule has 0 radical (unpaired) electrons. The summed E-state index contributed by atoms with van der Waals surface area (Å²) < 4.78 is 11.3. The second-order valence-electron chi connectivity index (χ2n) is 7.25. The summed E-state index contributed by atoms with van der Waals surface area (Å²) in [6.07, 6.45) is 0. The van der Waals surface area contributed by atoms with Crippen LogP contribution in [-0.4, -0.2) is 70.5 Å². The normalized spacial score (nSPS) is 13.6. The van der Waals surface area contributed by atoms with Crippen LogP contribution in [0.25, 0.3) is 11.5 Å². The van der Waals surface area contributed by atoms with Gasteiger partial charge in [0.05, 0.1) is 17.9 Å². The molecule has 1 saturated heterocycles. The lowest BCUT2D eigenvalue weighted by Gasteiger charge is -2.34. The molecule has 2 heterocycles. The van der Waals surface area contributed by atoms with Crippen LogP contribution in [0.4, 0.5) is 10.5 Å². The molecule has 9 nitrogen and oxygen atoms in total. The fraction of sp³-hybridized carbons (Fsp3) is 0.304. The first kappa shape index (κ1) is 22.7. The molecule has 1 aromatic heterocycles. The quantitative estimate of drug-likeness (QED) is 0.530. The Labute approximate surface area is 196 Å². The van der Waals surface area contributed by atoms with Crippen molar-refractivity contribution in [1.29, 1.82) is 0 Å². The Kier molecular flexibility index (Phi) is 7.46. The molecule has 3 aromatic rings. The molecule has 1 aliphatic rings. The number of carbonyl (C=O) groups excluding carboxylic acids is 2. The van der Waals surface area contributed by atoms with Gasteiger partial charge in [-0.1, -0.05) is 42.1 Å². The molecule has 1 aliphatic heterocycles. The first-order valence-electron chi connectivity index (χ1n) is 10.7. The highest BCUT2D eigenvalue weighted by Gasteiger charge is 2.25. The second-order valence-corrected chi connectivity index (χ2v) is 8.18. The highest BCUT2D eigenvalue weighted by atomic mass is 32.2. The van der Waals surface area contributed by atoms with E-state index in [1.807, 2.05) is 61.5 Å². The van der Waals surface area contributed by atoms with Crippen molar-refractivity contribution < 1.29 is 18.7 Å². The van der Waals surface area contributed by atoms with Crippen molar-refractivity contribution in [2.45, 2.75) is 12.1 Å². The number of rotatable bonds is 7. The molecule has 0 unspecified atom stereocenters. The summed E-state index contributed by atoms with van der Waals surface area (Å²) >= 11 is 1.20. The third kappa shape index (κ3) is 5.83. The van der Waals surface area contributed by atoms with Gasteiger partial charge in [-0.25, -0.2) is 4.79 Å². The molecule has 0 spiro atoms. The Morgan fingerprint density at radius 3 is 2.45 bits per heavy atom. The number of ether oxygens (including phenoxy) is 1. The summed E-state index contributed by atoms with van der Waals surface area (Å²) in [5.74, 6) is 1.18. The van der Waals surface area contributed by atoms with E-state index in [2.05, 4.69) is 15.5 Å². The van der Waals surface area contributed by atoms with Gasteiger partial charge >= 0.3 is 6.03 Å². The third-order valence-electron chi connectivity index (χ3n) is 5.09. The van der Waals surface area contributed by atoms with Crippen molar-refractivity contribution >= 4 is 29.4 Å². The van der Waals surface area contributed by atoms with E-state index in [0.29, 0.717) is 49.6 Å². The number of nitrogens with zero attached hydrogens (tertiary/aromatic N) is 4. The zero-order valence-corrected chi connectivity index (χ0v) is 19.1. The van der Waals surface area contributed by atoms with Gasteiger partial charge in [-0.2, -0.15) is 0 Å². The zero-order chi connectivity index (χ0) is 23.0. The summed E-state index contributed by atoms with van der Waals surface area (Å²) in [6, 6.07) is 16.6. The molecule has 1 fully saturated rings. The number of para-hydroxylation sites is 2. The number of hydrogen-bond donors (Lipinski definition) is 1. The Bertz CT molecular complexity index is 1080. The minimum Gasteiger partial charge on any atom is -0.493 e. The average molecular weight is 468 g/mol. The molecular weight excluding hydrogens is 442 g/mol. The van der Waals surface area contributed by atoms with Crippen LogP contribution in [0.2, 0.25) is 0 Å². The Balaban J connectivity index is 1.25. The molecular formula is C23H25N5O4S. The van der Waals surface area contributed by atoms with Crippen molar-refractivity contribution in [1.82, 2.24) is 20.0 Å². The summed E-state index contributed by atoms with van der Waals surface area (Å²) in [5, 5.41) is 11.3. The van der Waals surface area contributed by atoms with Crippen LogP contribution in [0.15, 0.2) is 64.2 Å². The van der Waals surface area contributed by atoms with Gasteiger partial charge in [0.1, 0.15) is 5.75 Å². The topological polar surface area (TPSA) is 101 Å². The summed E-state index contributed by atoms with van der Waals surface area (Å²) in [7, 11) is 0. The van der Waals surface area contributed by atoms with Crippen molar-refractivity contribution in [3.05, 3.63) is 54.6 Å². The number of urea groups is 1. The van der Waals surface area contributed by atoms with E-state index < -0.39 is 0 Å². The minimum atomic E-state index is -0.159. The van der Waals surface area contributed by atoms with Crippen LogP contribution >= 0.6 is 11.8 Å². The van der Waals surface area contributed by atoms with E-state index in [0.717, 1.165) is 11.3 Å². The Morgan fingerprint density at radius 1 is 1.00 bits per heavy atom. The average Bonchev–Trinajstić information content (AvgIpc) is 3.33. The summed E-state index contributed by atoms with van der Waals surface area (Å²) in [6.45, 7) is 4.37. The maximum atomic E-state index is 12.6. The first-order valence-corrected chi connectivity index (χ1v) is 11.7. The van der Waals surface area contributed by atoms with Crippen molar-refractivity contribution in [3.63, 3.8) is 0 Å². The number of nitrogens with one attached hydrogen (secondary N) is 1. The fourth-order valence-corrected chi connectivity index (χ4v) is 4.07. The molecule has 3 amide bonds. The maximum Gasteiger partial charge on any atom is 0.321 e. The summed E-state index contributed by atoms with van der Waals surface area (Å²) in [5.41, 5.74) is 1.47. The second kappa shape index (κ2) is 10.9.